The average Bonchev–Trinajstić information content (AvgIpc) is 2.41. The van der Waals surface area contributed by atoms with Crippen LogP contribution in [-0.4, -0.2) is 62.1 Å². The van der Waals surface area contributed by atoms with Gasteiger partial charge in [-0.2, -0.15) is 0 Å². The second-order valence-corrected chi connectivity index (χ2v) is 9.53. The van der Waals surface area contributed by atoms with Crippen molar-refractivity contribution >= 4 is 10.9 Å². The maximum absolute atomic E-state index is 11.4. The summed E-state index contributed by atoms with van der Waals surface area (Å²) in [7, 11) is 8.70. The number of aliphatic hydroxyl groups is 1. The van der Waals surface area contributed by atoms with Crippen LogP contribution >= 0.6 is 0 Å². The zero-order valence-corrected chi connectivity index (χ0v) is 14.7. The second kappa shape index (κ2) is 6.19. The van der Waals surface area contributed by atoms with Gasteiger partial charge in [0.2, 0.25) is 0 Å². The Hall–Kier alpha value is -0.710. The topological polar surface area (TPSA) is 29.5 Å². The molecule has 0 spiro atoms. The third kappa shape index (κ3) is 3.93. The molecule has 118 valence electrons. The Labute approximate surface area is 131 Å². The maximum Gasteiger partial charge on any atom is 0.119 e. The van der Waals surface area contributed by atoms with Crippen LogP contribution in [0, 0.1) is 5.92 Å². The molecule has 0 saturated carbocycles. The molecular weight excluding hydrogens is 282 g/mol. The van der Waals surface area contributed by atoms with Crippen molar-refractivity contribution in [1.82, 2.24) is 0 Å². The van der Waals surface area contributed by atoms with Crippen LogP contribution in [-0.2, 0) is 16.5 Å². The van der Waals surface area contributed by atoms with E-state index in [-0.39, 0.29) is 0 Å². The van der Waals surface area contributed by atoms with Crippen LogP contribution in [0.3, 0.4) is 0 Å². The van der Waals surface area contributed by atoms with Gasteiger partial charge in [-0.3, -0.25) is 0 Å². The molecule has 1 heterocycles. The second-order valence-electron chi connectivity index (χ2n) is 7.23. The molecule has 0 radical (unpaired) electrons. The van der Waals surface area contributed by atoms with E-state index < -0.39 is 5.60 Å². The first-order valence-electron chi connectivity index (χ1n) is 7.51. The lowest BCUT2D eigenvalue weighted by Gasteiger charge is -2.41. The van der Waals surface area contributed by atoms with Gasteiger partial charge in [0.1, 0.15) is 22.9 Å². The molecule has 1 aromatic rings. The van der Waals surface area contributed by atoms with E-state index in [0.717, 1.165) is 40.3 Å². The minimum Gasteiger partial charge on any atom is -0.497 e. The van der Waals surface area contributed by atoms with Gasteiger partial charge >= 0.3 is 0 Å². The lowest BCUT2D eigenvalue weighted by molar-refractivity contribution is -0.874. The summed E-state index contributed by atoms with van der Waals surface area (Å²) in [5, 5.41) is 11.4. The van der Waals surface area contributed by atoms with Crippen LogP contribution < -0.4 is 4.74 Å². The molecule has 0 amide bonds. The van der Waals surface area contributed by atoms with Crippen LogP contribution in [0.25, 0.3) is 0 Å². The van der Waals surface area contributed by atoms with Gasteiger partial charge in [-0.15, -0.1) is 0 Å². The van der Waals surface area contributed by atoms with Crippen LogP contribution in [0.15, 0.2) is 24.3 Å². The quantitative estimate of drug-likeness (QED) is 0.679. The van der Waals surface area contributed by atoms with E-state index in [1.54, 1.807) is 7.11 Å². The molecule has 0 bridgehead atoms. The Kier molecular flexibility index (Phi) is 4.91. The standard InChI is InChI=1S/C17H29NO2S/c1-18(2,3)12-15-13-21(5)10-9-17(15,19)14-7-6-8-16(11-14)20-4/h6-8,11,15,19H,9-10,12-13H2,1-5H3/q+2/t15-,17+,21?/m0/s1. The van der Waals surface area contributed by atoms with Crippen LogP contribution in [0.2, 0.25) is 0 Å². The van der Waals surface area contributed by atoms with Crippen LogP contribution in [0.4, 0.5) is 0 Å². The first-order chi connectivity index (χ1) is 9.74. The Morgan fingerprint density at radius 3 is 2.71 bits per heavy atom. The van der Waals surface area contributed by atoms with Crippen molar-refractivity contribution in [3.8, 4) is 5.75 Å². The predicted molar refractivity (Wildman–Crippen MR) is 90.9 cm³/mol. The summed E-state index contributed by atoms with van der Waals surface area (Å²) in [6.45, 7) is 0.991. The van der Waals surface area contributed by atoms with Gasteiger partial charge in [0, 0.05) is 6.42 Å². The van der Waals surface area contributed by atoms with E-state index in [0.29, 0.717) is 16.8 Å². The predicted octanol–water partition coefficient (Wildman–Crippen LogP) is 1.86. The van der Waals surface area contributed by atoms with Gasteiger partial charge in [-0.1, -0.05) is 12.1 Å². The molecule has 1 N–H and O–H groups in total. The molecule has 1 fully saturated rings. The lowest BCUT2D eigenvalue weighted by atomic mass is 9.79. The molecule has 1 aliphatic rings. The van der Waals surface area contributed by atoms with Gasteiger partial charge in [0.05, 0.1) is 47.0 Å². The molecule has 4 heteroatoms. The first-order valence-corrected chi connectivity index (χ1v) is 9.48. The summed E-state index contributed by atoms with van der Waals surface area (Å²) >= 11 is 0. The van der Waals surface area contributed by atoms with Crippen LogP contribution in [0.1, 0.15) is 12.0 Å². The van der Waals surface area contributed by atoms with Crippen molar-refractivity contribution < 1.29 is 14.3 Å². The molecule has 0 aromatic heterocycles. The smallest absolute Gasteiger partial charge is 0.119 e. The Balaban J connectivity index is 2.34. The summed E-state index contributed by atoms with van der Waals surface area (Å²) in [6.07, 6.45) is 3.18. The van der Waals surface area contributed by atoms with Gasteiger partial charge < -0.3 is 14.3 Å². The lowest BCUT2D eigenvalue weighted by Crippen LogP contribution is -2.53. The fourth-order valence-electron chi connectivity index (χ4n) is 3.24. The summed E-state index contributed by atoms with van der Waals surface area (Å²) in [4.78, 5) is 0. The molecule has 2 rings (SSSR count). The highest BCUT2D eigenvalue weighted by atomic mass is 32.2. The number of rotatable bonds is 4. The molecule has 21 heavy (non-hydrogen) atoms. The third-order valence-corrected chi connectivity index (χ3v) is 6.20. The van der Waals surface area contributed by atoms with E-state index in [1.807, 2.05) is 24.3 Å². The van der Waals surface area contributed by atoms with Crippen molar-refractivity contribution in [3.05, 3.63) is 29.8 Å². The average molecular weight is 311 g/mol. The zero-order valence-electron chi connectivity index (χ0n) is 13.9. The number of hydrogen-bond donors (Lipinski definition) is 1. The van der Waals surface area contributed by atoms with Crippen molar-refractivity contribution in [2.24, 2.45) is 5.92 Å². The third-order valence-electron chi connectivity index (χ3n) is 4.33. The van der Waals surface area contributed by atoms with E-state index in [9.17, 15) is 5.11 Å². The Bertz CT molecular complexity index is 486. The molecule has 1 unspecified atom stereocenters. The van der Waals surface area contributed by atoms with Crippen molar-refractivity contribution in [2.75, 3.05) is 52.6 Å². The Morgan fingerprint density at radius 1 is 1.38 bits per heavy atom. The summed E-state index contributed by atoms with van der Waals surface area (Å²) in [5.41, 5.74) is 0.288. The van der Waals surface area contributed by atoms with Crippen molar-refractivity contribution in [1.29, 1.82) is 0 Å². The highest BCUT2D eigenvalue weighted by Crippen LogP contribution is 2.40. The Morgan fingerprint density at radius 2 is 2.10 bits per heavy atom. The summed E-state index contributed by atoms with van der Waals surface area (Å²) in [5.74, 6) is 3.35. The van der Waals surface area contributed by atoms with Crippen molar-refractivity contribution in [2.45, 2.75) is 12.0 Å². The summed E-state index contributed by atoms with van der Waals surface area (Å²) in [6, 6.07) is 7.97. The first kappa shape index (κ1) is 16.7. The van der Waals surface area contributed by atoms with Gasteiger partial charge in [-0.05, 0) is 28.6 Å². The summed E-state index contributed by atoms with van der Waals surface area (Å²) < 4.78 is 6.22. The molecule has 1 aromatic carbocycles. The van der Waals surface area contributed by atoms with Crippen molar-refractivity contribution in [3.63, 3.8) is 0 Å². The molecule has 1 aliphatic heterocycles. The normalized spacial score (nSPS) is 30.2. The van der Waals surface area contributed by atoms with Gasteiger partial charge in [0.15, 0.2) is 0 Å². The fourth-order valence-corrected chi connectivity index (χ4v) is 5.13. The molecular formula is C17H29NO2S+2. The van der Waals surface area contributed by atoms with E-state index in [4.69, 9.17) is 4.74 Å². The largest absolute Gasteiger partial charge is 0.497 e. The van der Waals surface area contributed by atoms with Gasteiger partial charge in [-0.25, -0.2) is 0 Å². The number of hydrogen-bond acceptors (Lipinski definition) is 2. The van der Waals surface area contributed by atoms with Crippen LogP contribution in [0.5, 0.6) is 5.75 Å². The SMILES string of the molecule is COc1cccc([C@]2(O)CC[S+](C)C[C@@H]2C[N+](C)(C)C)c1. The minimum absolute atomic E-state index is 0.298. The van der Waals surface area contributed by atoms with E-state index in [1.165, 1.54) is 0 Å². The fraction of sp³-hybridized carbons (Fsp3) is 0.647. The number of ether oxygens (including phenoxy) is 1. The molecule has 3 nitrogen and oxygen atoms in total. The zero-order chi connectivity index (χ0) is 15.7. The molecule has 0 aliphatic carbocycles. The van der Waals surface area contributed by atoms with Gasteiger partial charge in [0.25, 0.3) is 0 Å². The molecule has 3 atom stereocenters. The highest BCUT2D eigenvalue weighted by Gasteiger charge is 2.48. The monoisotopic (exact) mass is 311 g/mol. The number of benzene rings is 1. The maximum atomic E-state index is 11.4. The number of methoxy groups -OCH3 is 1. The number of quaternary nitrogens is 1. The highest BCUT2D eigenvalue weighted by molar-refractivity contribution is 7.96. The van der Waals surface area contributed by atoms with E-state index in [2.05, 4.69) is 27.4 Å². The number of nitrogens with zero attached hydrogens (tertiary/aromatic N) is 1. The minimum atomic E-state index is -0.723. The molecule has 1 saturated heterocycles. The van der Waals surface area contributed by atoms with E-state index >= 15 is 0 Å².